The Balaban J connectivity index is 1.69. The summed E-state index contributed by atoms with van der Waals surface area (Å²) in [6.45, 7) is 2.39. The van der Waals surface area contributed by atoms with E-state index in [2.05, 4.69) is 25.6 Å². The number of aryl methyl sites for hydroxylation is 1. The van der Waals surface area contributed by atoms with Gasteiger partial charge in [-0.25, -0.2) is 9.97 Å². The van der Waals surface area contributed by atoms with Gasteiger partial charge in [-0.15, -0.1) is 0 Å². The molecular formula is C18H16ClN5O. The summed E-state index contributed by atoms with van der Waals surface area (Å²) >= 11 is 5.93. The first-order valence-corrected chi connectivity index (χ1v) is 8.03. The number of nitrogens with one attached hydrogen (secondary N) is 2. The van der Waals surface area contributed by atoms with Crippen molar-refractivity contribution >= 4 is 29.0 Å². The summed E-state index contributed by atoms with van der Waals surface area (Å²) in [6, 6.07) is 12.6. The Morgan fingerprint density at radius 1 is 1.12 bits per heavy atom. The fraction of sp³-hybridized carbons (Fsp3) is 0.111. The lowest BCUT2D eigenvalue weighted by molar-refractivity contribution is 0.102. The van der Waals surface area contributed by atoms with Crippen LogP contribution in [-0.4, -0.2) is 20.9 Å². The average Bonchev–Trinajstić information content (AvgIpc) is 2.63. The van der Waals surface area contributed by atoms with Crippen molar-refractivity contribution in [1.29, 1.82) is 0 Å². The number of rotatable bonds is 5. The maximum absolute atomic E-state index is 12.4. The Kier molecular flexibility index (Phi) is 5.20. The van der Waals surface area contributed by atoms with Crippen LogP contribution in [0, 0.1) is 6.92 Å². The van der Waals surface area contributed by atoms with Gasteiger partial charge in [0.05, 0.1) is 12.2 Å². The van der Waals surface area contributed by atoms with Crippen molar-refractivity contribution in [1.82, 2.24) is 15.0 Å². The van der Waals surface area contributed by atoms with Crippen LogP contribution in [0.1, 0.15) is 21.7 Å². The van der Waals surface area contributed by atoms with E-state index in [1.165, 1.54) is 6.33 Å². The number of amides is 1. The van der Waals surface area contributed by atoms with E-state index < -0.39 is 0 Å². The van der Waals surface area contributed by atoms with Crippen molar-refractivity contribution in [3.05, 3.63) is 77.0 Å². The van der Waals surface area contributed by atoms with Gasteiger partial charge in [0.15, 0.2) is 0 Å². The molecule has 0 radical (unpaired) electrons. The minimum absolute atomic E-state index is 0.271. The minimum Gasteiger partial charge on any atom is -0.364 e. The fourth-order valence-corrected chi connectivity index (χ4v) is 2.44. The maximum atomic E-state index is 12.4. The summed E-state index contributed by atoms with van der Waals surface area (Å²) in [4.78, 5) is 24.8. The van der Waals surface area contributed by atoms with Gasteiger partial charge in [0.2, 0.25) is 0 Å². The summed E-state index contributed by atoms with van der Waals surface area (Å²) < 4.78 is 0. The van der Waals surface area contributed by atoms with E-state index in [4.69, 9.17) is 11.6 Å². The highest BCUT2D eigenvalue weighted by molar-refractivity contribution is 6.30. The van der Waals surface area contributed by atoms with Gasteiger partial charge in [-0.2, -0.15) is 0 Å². The third-order valence-electron chi connectivity index (χ3n) is 3.51. The highest BCUT2D eigenvalue weighted by atomic mass is 35.5. The normalized spacial score (nSPS) is 10.3. The van der Waals surface area contributed by atoms with E-state index in [9.17, 15) is 4.79 Å². The molecule has 0 fully saturated rings. The van der Waals surface area contributed by atoms with Crippen LogP contribution in [0.25, 0.3) is 0 Å². The molecular weight excluding hydrogens is 338 g/mol. The highest BCUT2D eigenvalue weighted by Gasteiger charge is 2.11. The number of hydrogen-bond donors (Lipinski definition) is 2. The first kappa shape index (κ1) is 16.9. The predicted octanol–water partition coefficient (Wildman–Crippen LogP) is 3.70. The molecule has 0 aliphatic heterocycles. The number of carbonyl (C=O) groups excluding carboxylic acids is 1. The maximum Gasteiger partial charge on any atom is 0.274 e. The molecule has 0 unspecified atom stereocenters. The van der Waals surface area contributed by atoms with Crippen molar-refractivity contribution in [2.24, 2.45) is 0 Å². The van der Waals surface area contributed by atoms with Crippen LogP contribution in [0.5, 0.6) is 0 Å². The van der Waals surface area contributed by atoms with Crippen LogP contribution in [0.2, 0.25) is 5.02 Å². The number of benzene rings is 1. The topological polar surface area (TPSA) is 79.8 Å². The number of anilines is 2. The first-order chi connectivity index (χ1) is 12.1. The van der Waals surface area contributed by atoms with Crippen molar-refractivity contribution in [2.75, 3.05) is 10.6 Å². The van der Waals surface area contributed by atoms with Crippen molar-refractivity contribution in [3.63, 3.8) is 0 Å². The summed E-state index contributed by atoms with van der Waals surface area (Å²) in [5.41, 5.74) is 2.72. The first-order valence-electron chi connectivity index (χ1n) is 7.65. The van der Waals surface area contributed by atoms with Gasteiger partial charge in [0.25, 0.3) is 5.91 Å². The molecule has 25 heavy (non-hydrogen) atoms. The second-order valence-electron chi connectivity index (χ2n) is 5.38. The summed E-state index contributed by atoms with van der Waals surface area (Å²) in [5, 5.41) is 6.58. The largest absolute Gasteiger partial charge is 0.364 e. The number of carbonyl (C=O) groups is 1. The molecule has 0 saturated carbocycles. The molecule has 0 aliphatic rings. The molecule has 0 bridgehead atoms. The van der Waals surface area contributed by atoms with Gasteiger partial charge in [-0.1, -0.05) is 17.7 Å². The molecule has 0 spiro atoms. The second kappa shape index (κ2) is 7.72. The Hall–Kier alpha value is -2.99. The van der Waals surface area contributed by atoms with Crippen LogP contribution in [0.3, 0.4) is 0 Å². The molecule has 1 amide bonds. The Morgan fingerprint density at radius 3 is 2.76 bits per heavy atom. The molecule has 126 valence electrons. The van der Waals surface area contributed by atoms with Crippen LogP contribution in [0.15, 0.2) is 55.0 Å². The molecule has 2 N–H and O–H groups in total. The molecule has 6 nitrogen and oxygen atoms in total. The van der Waals surface area contributed by atoms with Crippen molar-refractivity contribution in [3.8, 4) is 0 Å². The van der Waals surface area contributed by atoms with E-state index in [1.807, 2.05) is 25.1 Å². The van der Waals surface area contributed by atoms with Crippen molar-refractivity contribution < 1.29 is 4.79 Å². The van der Waals surface area contributed by atoms with E-state index >= 15 is 0 Å². The van der Waals surface area contributed by atoms with Gasteiger partial charge in [-0.05, 0) is 42.8 Å². The molecule has 0 aliphatic carbocycles. The molecule has 2 aromatic heterocycles. The third-order valence-corrected chi connectivity index (χ3v) is 3.75. The van der Waals surface area contributed by atoms with Gasteiger partial charge in [0, 0.05) is 23.0 Å². The summed E-state index contributed by atoms with van der Waals surface area (Å²) in [6.07, 6.45) is 3.08. The SMILES string of the molecule is Cc1cc(Cl)ccc1NC(=O)c1cc(NCc2ccccn2)ncn1. The van der Waals surface area contributed by atoms with Gasteiger partial charge < -0.3 is 10.6 Å². The quantitative estimate of drug-likeness (QED) is 0.731. The average molecular weight is 354 g/mol. The molecule has 3 aromatic rings. The standard InChI is InChI=1S/C18H16ClN5O/c1-12-8-13(19)5-6-15(12)24-18(25)16-9-17(23-11-22-16)21-10-14-4-2-3-7-20-14/h2-9,11H,10H2,1H3,(H,24,25)(H,21,22,23). The van der Waals surface area contributed by atoms with E-state index in [0.29, 0.717) is 23.1 Å². The van der Waals surface area contributed by atoms with Crippen LogP contribution < -0.4 is 10.6 Å². The molecule has 2 heterocycles. The monoisotopic (exact) mass is 353 g/mol. The highest BCUT2D eigenvalue weighted by Crippen LogP contribution is 2.20. The number of pyridine rings is 1. The minimum atomic E-state index is -0.311. The molecule has 0 saturated heterocycles. The molecule has 0 atom stereocenters. The van der Waals surface area contributed by atoms with Gasteiger partial charge >= 0.3 is 0 Å². The predicted molar refractivity (Wildman–Crippen MR) is 97.7 cm³/mol. The zero-order chi connectivity index (χ0) is 17.6. The number of hydrogen-bond acceptors (Lipinski definition) is 5. The molecule has 7 heteroatoms. The smallest absolute Gasteiger partial charge is 0.274 e. The van der Waals surface area contributed by atoms with Crippen LogP contribution in [0.4, 0.5) is 11.5 Å². The number of halogens is 1. The van der Waals surface area contributed by atoms with Gasteiger partial charge in [0.1, 0.15) is 17.8 Å². The van der Waals surface area contributed by atoms with E-state index in [-0.39, 0.29) is 11.6 Å². The Morgan fingerprint density at radius 2 is 2.00 bits per heavy atom. The Labute approximate surface area is 150 Å². The van der Waals surface area contributed by atoms with E-state index in [0.717, 1.165) is 11.3 Å². The van der Waals surface area contributed by atoms with Crippen molar-refractivity contribution in [2.45, 2.75) is 13.5 Å². The Bertz CT molecular complexity index is 886. The molecule has 1 aromatic carbocycles. The lowest BCUT2D eigenvalue weighted by Gasteiger charge is -2.09. The van der Waals surface area contributed by atoms with Crippen LogP contribution >= 0.6 is 11.6 Å². The van der Waals surface area contributed by atoms with E-state index in [1.54, 1.807) is 30.5 Å². The zero-order valence-electron chi connectivity index (χ0n) is 13.5. The summed E-state index contributed by atoms with van der Waals surface area (Å²) in [5.74, 6) is 0.243. The number of nitrogens with zero attached hydrogens (tertiary/aromatic N) is 3. The van der Waals surface area contributed by atoms with Crippen LogP contribution in [-0.2, 0) is 6.54 Å². The lowest BCUT2D eigenvalue weighted by atomic mass is 10.2. The van der Waals surface area contributed by atoms with Gasteiger partial charge in [-0.3, -0.25) is 9.78 Å². The lowest BCUT2D eigenvalue weighted by Crippen LogP contribution is -2.15. The summed E-state index contributed by atoms with van der Waals surface area (Å²) in [7, 11) is 0. The third kappa shape index (κ3) is 4.51. The zero-order valence-corrected chi connectivity index (χ0v) is 14.3. The number of aromatic nitrogens is 3. The fourth-order valence-electron chi connectivity index (χ4n) is 2.22. The second-order valence-corrected chi connectivity index (χ2v) is 5.81. The molecule has 3 rings (SSSR count).